The molecule has 0 bridgehead atoms. The molecule has 0 saturated heterocycles. The van der Waals surface area contributed by atoms with E-state index in [1.807, 2.05) is 0 Å². The van der Waals surface area contributed by atoms with Gasteiger partial charge in [0.2, 0.25) is 0 Å². The Hall–Kier alpha value is -0.160. The molecule has 0 aliphatic heterocycles. The molecule has 0 aromatic carbocycles. The fourth-order valence-electron chi connectivity index (χ4n) is 3.12. The predicted octanol–water partition coefficient (Wildman–Crippen LogP) is 4.15. The average Bonchev–Trinajstić information content (AvgIpc) is 2.57. The maximum Gasteiger partial charge on any atom is -0.00257 e. The summed E-state index contributed by atoms with van der Waals surface area (Å²) in [5.41, 5.74) is 22.2. The Labute approximate surface area is 158 Å². The van der Waals surface area contributed by atoms with Gasteiger partial charge in [0.25, 0.3) is 0 Å². The van der Waals surface area contributed by atoms with E-state index in [9.17, 15) is 0 Å². The van der Waals surface area contributed by atoms with E-state index in [0.29, 0.717) is 5.92 Å². The molecular formula is C21H50N4. The minimum absolute atomic E-state index is 0.286. The molecule has 0 rings (SSSR count). The summed E-state index contributed by atoms with van der Waals surface area (Å²) in [6.45, 7) is 9.94. The maximum atomic E-state index is 5.62. The second-order valence-corrected chi connectivity index (χ2v) is 8.37. The highest BCUT2D eigenvalue weighted by molar-refractivity contribution is 4.72. The van der Waals surface area contributed by atoms with E-state index in [1.54, 1.807) is 0 Å². The summed E-state index contributed by atoms with van der Waals surface area (Å²) in [7, 11) is 0. The van der Waals surface area contributed by atoms with E-state index in [2.05, 4.69) is 20.8 Å². The lowest BCUT2D eigenvalue weighted by atomic mass is 9.82. The molecule has 1 unspecified atom stereocenters. The minimum Gasteiger partial charge on any atom is -0.330 e. The van der Waals surface area contributed by atoms with Gasteiger partial charge in [-0.3, -0.25) is 0 Å². The first-order chi connectivity index (χ1) is 11.9. The third kappa shape index (κ3) is 23.8. The summed E-state index contributed by atoms with van der Waals surface area (Å²) in [5, 5.41) is 0. The van der Waals surface area contributed by atoms with Crippen molar-refractivity contribution in [2.45, 2.75) is 97.8 Å². The van der Waals surface area contributed by atoms with Crippen molar-refractivity contribution in [3.05, 3.63) is 0 Å². The van der Waals surface area contributed by atoms with Gasteiger partial charge >= 0.3 is 0 Å². The Morgan fingerprint density at radius 1 is 0.600 bits per heavy atom. The Bertz CT molecular complexity index is 232. The third-order valence-corrected chi connectivity index (χ3v) is 4.77. The molecule has 0 saturated carbocycles. The van der Waals surface area contributed by atoms with Gasteiger partial charge in [0.15, 0.2) is 0 Å². The van der Waals surface area contributed by atoms with Crippen molar-refractivity contribution in [1.82, 2.24) is 0 Å². The zero-order valence-electron chi connectivity index (χ0n) is 17.7. The zero-order valence-corrected chi connectivity index (χ0v) is 17.7. The van der Waals surface area contributed by atoms with Gasteiger partial charge in [-0.05, 0) is 63.2 Å². The Kier molecular flexibility index (Phi) is 21.8. The molecule has 0 fully saturated rings. The van der Waals surface area contributed by atoms with Gasteiger partial charge in [-0.15, -0.1) is 0 Å². The molecule has 4 nitrogen and oxygen atoms in total. The average molecular weight is 359 g/mol. The highest BCUT2D eigenvalue weighted by Gasteiger charge is 2.18. The molecule has 0 aromatic rings. The second kappa shape index (κ2) is 20.2. The first-order valence-electron chi connectivity index (χ1n) is 10.7. The number of nitrogens with two attached hydrogens (primary N) is 4. The largest absolute Gasteiger partial charge is 0.330 e. The molecule has 25 heavy (non-hydrogen) atoms. The highest BCUT2D eigenvalue weighted by Crippen LogP contribution is 2.25. The summed E-state index contributed by atoms with van der Waals surface area (Å²) in [5.74, 6) is 0.707. The molecule has 8 N–H and O–H groups in total. The van der Waals surface area contributed by atoms with Crippen LogP contribution in [0.2, 0.25) is 0 Å². The summed E-state index contributed by atoms with van der Waals surface area (Å²) in [4.78, 5) is 0. The quantitative estimate of drug-likeness (QED) is 0.311. The van der Waals surface area contributed by atoms with Crippen LogP contribution in [0.5, 0.6) is 0 Å². The number of unbranched alkanes of at least 4 members (excludes halogenated alkanes) is 9. The van der Waals surface area contributed by atoms with Crippen LogP contribution in [0.1, 0.15) is 97.8 Å². The first-order valence-corrected chi connectivity index (χ1v) is 10.7. The zero-order chi connectivity index (χ0) is 19.4. The fraction of sp³-hybridized carbons (Fsp3) is 1.00. The van der Waals surface area contributed by atoms with Crippen molar-refractivity contribution in [2.75, 3.05) is 26.2 Å². The lowest BCUT2D eigenvalue weighted by molar-refractivity contribution is 0.279. The van der Waals surface area contributed by atoms with Crippen LogP contribution in [0.25, 0.3) is 0 Å². The minimum atomic E-state index is 0.286. The van der Waals surface area contributed by atoms with Crippen molar-refractivity contribution >= 4 is 0 Å². The number of rotatable bonds is 16. The molecule has 0 aliphatic rings. The molecule has 0 aromatic heterocycles. The maximum absolute atomic E-state index is 5.62. The summed E-state index contributed by atoms with van der Waals surface area (Å²) in [6.07, 6.45) is 15.7. The Morgan fingerprint density at radius 3 is 1.24 bits per heavy atom. The van der Waals surface area contributed by atoms with Crippen LogP contribution in [0.15, 0.2) is 0 Å². The van der Waals surface area contributed by atoms with E-state index >= 15 is 0 Å². The van der Waals surface area contributed by atoms with Gasteiger partial charge < -0.3 is 22.9 Å². The highest BCUT2D eigenvalue weighted by atomic mass is 14.6. The molecule has 1 atom stereocenters. The summed E-state index contributed by atoms with van der Waals surface area (Å²) < 4.78 is 0. The lowest BCUT2D eigenvalue weighted by Crippen LogP contribution is -2.26. The van der Waals surface area contributed by atoms with Crippen LogP contribution >= 0.6 is 0 Å². The van der Waals surface area contributed by atoms with Crippen LogP contribution in [-0.4, -0.2) is 26.2 Å². The van der Waals surface area contributed by atoms with E-state index < -0.39 is 0 Å². The third-order valence-electron chi connectivity index (χ3n) is 4.77. The van der Waals surface area contributed by atoms with Crippen molar-refractivity contribution < 1.29 is 0 Å². The molecular weight excluding hydrogens is 308 g/mol. The number of hydrogen-bond donors (Lipinski definition) is 4. The smallest absolute Gasteiger partial charge is 0.00257 e. The van der Waals surface area contributed by atoms with Gasteiger partial charge in [0.1, 0.15) is 0 Å². The van der Waals surface area contributed by atoms with Gasteiger partial charge in [-0.25, -0.2) is 0 Å². The van der Waals surface area contributed by atoms with Crippen molar-refractivity contribution in [1.29, 1.82) is 0 Å². The van der Waals surface area contributed by atoms with Crippen LogP contribution < -0.4 is 22.9 Å². The van der Waals surface area contributed by atoms with Gasteiger partial charge in [-0.1, -0.05) is 72.1 Å². The van der Waals surface area contributed by atoms with Crippen LogP contribution in [-0.2, 0) is 0 Å². The molecule has 0 radical (unpaired) electrons. The summed E-state index contributed by atoms with van der Waals surface area (Å²) >= 11 is 0. The van der Waals surface area contributed by atoms with Crippen LogP contribution in [0.4, 0.5) is 0 Å². The molecule has 0 heterocycles. The predicted molar refractivity (Wildman–Crippen MR) is 115 cm³/mol. The normalized spacial score (nSPS) is 12.6. The van der Waals surface area contributed by atoms with Crippen molar-refractivity contribution in [3.63, 3.8) is 0 Å². The van der Waals surface area contributed by atoms with Crippen molar-refractivity contribution in [3.8, 4) is 0 Å². The van der Waals surface area contributed by atoms with Crippen molar-refractivity contribution in [2.24, 2.45) is 34.3 Å². The monoisotopic (exact) mass is 358 g/mol. The Morgan fingerprint density at radius 2 is 0.960 bits per heavy atom. The van der Waals surface area contributed by atoms with E-state index in [4.69, 9.17) is 22.9 Å². The Balaban J connectivity index is 0. The molecule has 154 valence electrons. The van der Waals surface area contributed by atoms with Crippen LogP contribution in [0, 0.1) is 11.3 Å². The second-order valence-electron chi connectivity index (χ2n) is 8.37. The van der Waals surface area contributed by atoms with Crippen LogP contribution in [0.3, 0.4) is 0 Å². The molecule has 0 amide bonds. The van der Waals surface area contributed by atoms with Gasteiger partial charge in [0, 0.05) is 0 Å². The van der Waals surface area contributed by atoms with E-state index in [1.165, 1.54) is 70.6 Å². The molecule has 0 spiro atoms. The van der Waals surface area contributed by atoms with Gasteiger partial charge in [0.05, 0.1) is 0 Å². The molecule has 0 aliphatic carbocycles. The first kappa shape index (κ1) is 27.1. The fourth-order valence-corrected chi connectivity index (χ4v) is 3.12. The molecule has 4 heteroatoms. The summed E-state index contributed by atoms with van der Waals surface area (Å²) in [6, 6.07) is 0. The standard InChI is InChI=1S/C12H28N2.C9H22N2/c13-11-9-7-5-3-1-2-4-6-8-10-12-14;1-8(4-5-10)6-9(2,3)7-11/h1-14H2;8H,4-7,10-11H2,1-3H3. The lowest BCUT2D eigenvalue weighted by Gasteiger charge is -2.25. The number of hydrogen-bond acceptors (Lipinski definition) is 4. The van der Waals surface area contributed by atoms with E-state index in [0.717, 1.165) is 32.6 Å². The SMILES string of the molecule is CC(CCN)CC(C)(C)CN.NCCCCCCCCCCCCN. The van der Waals surface area contributed by atoms with Gasteiger partial charge in [-0.2, -0.15) is 0 Å². The topological polar surface area (TPSA) is 104 Å². The van der Waals surface area contributed by atoms with E-state index in [-0.39, 0.29) is 5.41 Å².